The number of allylic oxidation sites excluding steroid dienone is 1. The van der Waals surface area contributed by atoms with Crippen LogP contribution in [0.4, 0.5) is 0 Å². The van der Waals surface area contributed by atoms with Crippen LogP contribution in [0.1, 0.15) is 67.4 Å². The predicted molar refractivity (Wildman–Crippen MR) is 134 cm³/mol. The van der Waals surface area contributed by atoms with E-state index in [1.807, 2.05) is 28.9 Å². The summed E-state index contributed by atoms with van der Waals surface area (Å²) >= 11 is 0. The molecule has 1 aromatic heterocycles. The Hall–Kier alpha value is -3.34. The second kappa shape index (κ2) is 9.49. The fraction of sp³-hybridized carbons (Fsp3) is 0.379. The third kappa shape index (κ3) is 4.52. The maximum Gasteiger partial charge on any atom is 0.341 e. The number of benzene rings is 2. The van der Waals surface area contributed by atoms with Crippen molar-refractivity contribution < 1.29 is 14.3 Å². The SMILES string of the molecule is C=C1C[C@H]1c1c(C(=O)OC)cnn1-c1cccc(-c2cccc(O[C@@H](C)C3CCCCC3)c2)c1. The van der Waals surface area contributed by atoms with E-state index in [0.717, 1.165) is 40.3 Å². The molecule has 2 atom stereocenters. The van der Waals surface area contributed by atoms with Gasteiger partial charge >= 0.3 is 5.97 Å². The van der Waals surface area contributed by atoms with Crippen LogP contribution in [0.5, 0.6) is 5.75 Å². The summed E-state index contributed by atoms with van der Waals surface area (Å²) in [5.41, 5.74) is 5.54. The van der Waals surface area contributed by atoms with Crippen molar-refractivity contribution in [2.45, 2.75) is 57.5 Å². The highest BCUT2D eigenvalue weighted by Crippen LogP contribution is 2.47. The van der Waals surface area contributed by atoms with Crippen LogP contribution in [-0.4, -0.2) is 29.0 Å². The van der Waals surface area contributed by atoms with Crippen LogP contribution in [0.2, 0.25) is 0 Å². The average Bonchev–Trinajstić information content (AvgIpc) is 3.43. The first-order valence-electron chi connectivity index (χ1n) is 12.3. The molecular weight excluding hydrogens is 424 g/mol. The Labute approximate surface area is 201 Å². The van der Waals surface area contributed by atoms with Crippen molar-refractivity contribution in [1.82, 2.24) is 9.78 Å². The van der Waals surface area contributed by atoms with Gasteiger partial charge in [0.15, 0.2) is 0 Å². The van der Waals surface area contributed by atoms with E-state index >= 15 is 0 Å². The number of ether oxygens (including phenoxy) is 2. The van der Waals surface area contributed by atoms with Crippen LogP contribution in [0, 0.1) is 5.92 Å². The molecule has 0 unspecified atom stereocenters. The fourth-order valence-corrected chi connectivity index (χ4v) is 5.14. The molecule has 2 saturated carbocycles. The molecule has 0 saturated heterocycles. The van der Waals surface area contributed by atoms with E-state index in [9.17, 15) is 4.79 Å². The number of hydrogen-bond acceptors (Lipinski definition) is 4. The predicted octanol–water partition coefficient (Wildman–Crippen LogP) is 6.72. The quantitative estimate of drug-likeness (QED) is 0.293. The van der Waals surface area contributed by atoms with E-state index in [1.54, 1.807) is 6.20 Å². The number of hydrogen-bond donors (Lipinski definition) is 0. The molecule has 176 valence electrons. The minimum absolute atomic E-state index is 0.137. The molecule has 0 spiro atoms. The summed E-state index contributed by atoms with van der Waals surface area (Å²) in [4.78, 5) is 12.3. The molecule has 5 heteroatoms. The van der Waals surface area contributed by atoms with Crippen molar-refractivity contribution in [2.24, 2.45) is 5.92 Å². The molecule has 0 amide bonds. The molecule has 3 aromatic rings. The van der Waals surface area contributed by atoms with Crippen LogP contribution < -0.4 is 4.74 Å². The molecule has 0 N–H and O–H groups in total. The normalized spacial score (nSPS) is 19.0. The third-order valence-electron chi connectivity index (χ3n) is 7.23. The summed E-state index contributed by atoms with van der Waals surface area (Å²) in [5.74, 6) is 1.32. The van der Waals surface area contributed by atoms with E-state index in [-0.39, 0.29) is 18.0 Å². The maximum absolute atomic E-state index is 12.3. The second-order valence-electron chi connectivity index (χ2n) is 9.56. The van der Waals surface area contributed by atoms with E-state index in [1.165, 1.54) is 39.2 Å². The number of esters is 1. The Bertz CT molecular complexity index is 1210. The van der Waals surface area contributed by atoms with Gasteiger partial charge in [0.05, 0.1) is 30.8 Å². The van der Waals surface area contributed by atoms with Crippen molar-refractivity contribution in [3.8, 4) is 22.6 Å². The molecule has 0 aliphatic heterocycles. The van der Waals surface area contributed by atoms with Crippen LogP contribution in [-0.2, 0) is 4.74 Å². The van der Waals surface area contributed by atoms with Crippen molar-refractivity contribution in [2.75, 3.05) is 7.11 Å². The summed E-state index contributed by atoms with van der Waals surface area (Å²) in [6, 6.07) is 16.5. The highest BCUT2D eigenvalue weighted by molar-refractivity contribution is 5.91. The molecule has 1 heterocycles. The first kappa shape index (κ1) is 22.5. The number of aromatic nitrogens is 2. The van der Waals surface area contributed by atoms with Gasteiger partial charge in [-0.3, -0.25) is 0 Å². The summed E-state index contributed by atoms with van der Waals surface area (Å²) in [7, 11) is 1.40. The van der Waals surface area contributed by atoms with Gasteiger partial charge in [-0.2, -0.15) is 5.10 Å². The van der Waals surface area contributed by atoms with Gasteiger partial charge in [-0.05, 0) is 67.5 Å². The lowest BCUT2D eigenvalue weighted by Gasteiger charge is -2.28. The molecule has 2 fully saturated rings. The molecule has 5 rings (SSSR count). The summed E-state index contributed by atoms with van der Waals surface area (Å²) in [6.07, 6.45) is 9.18. The Morgan fingerprint density at radius 2 is 1.79 bits per heavy atom. The van der Waals surface area contributed by atoms with Gasteiger partial charge in [0.25, 0.3) is 0 Å². The zero-order valence-corrected chi connectivity index (χ0v) is 20.0. The molecule has 5 nitrogen and oxygen atoms in total. The van der Waals surface area contributed by atoms with Gasteiger partial charge in [0.1, 0.15) is 11.3 Å². The van der Waals surface area contributed by atoms with Gasteiger partial charge in [0, 0.05) is 5.92 Å². The molecule has 0 bridgehead atoms. The Morgan fingerprint density at radius 1 is 1.09 bits per heavy atom. The summed E-state index contributed by atoms with van der Waals surface area (Å²) in [5, 5.41) is 4.54. The van der Waals surface area contributed by atoms with Crippen LogP contribution in [0.3, 0.4) is 0 Å². The lowest BCUT2D eigenvalue weighted by atomic mass is 9.86. The van der Waals surface area contributed by atoms with E-state index in [0.29, 0.717) is 11.5 Å². The van der Waals surface area contributed by atoms with Crippen molar-refractivity contribution in [1.29, 1.82) is 0 Å². The first-order valence-corrected chi connectivity index (χ1v) is 12.3. The van der Waals surface area contributed by atoms with Crippen molar-refractivity contribution >= 4 is 5.97 Å². The molecule has 0 radical (unpaired) electrons. The molecular formula is C29H32N2O3. The third-order valence-corrected chi connectivity index (χ3v) is 7.23. The number of rotatable bonds is 7. The zero-order chi connectivity index (χ0) is 23.7. The second-order valence-corrected chi connectivity index (χ2v) is 9.56. The van der Waals surface area contributed by atoms with Gasteiger partial charge < -0.3 is 9.47 Å². The van der Waals surface area contributed by atoms with Crippen molar-refractivity contribution in [3.05, 3.63) is 78.1 Å². The van der Waals surface area contributed by atoms with Gasteiger partial charge in [-0.15, -0.1) is 0 Å². The molecule has 34 heavy (non-hydrogen) atoms. The smallest absolute Gasteiger partial charge is 0.341 e. The van der Waals surface area contributed by atoms with Crippen molar-refractivity contribution in [3.63, 3.8) is 0 Å². The van der Waals surface area contributed by atoms with Crippen LogP contribution >= 0.6 is 0 Å². The number of methoxy groups -OCH3 is 1. The fourth-order valence-electron chi connectivity index (χ4n) is 5.14. The standard InChI is InChI=1S/C29H32N2O3/c1-19-15-26(19)28-27(29(32)33-3)18-30-31(28)24-13-7-11-22(16-24)23-12-8-14-25(17-23)34-20(2)21-9-5-4-6-10-21/h7-8,11-14,16-18,20-21,26H,1,4-6,9-10,15H2,2-3H3/t20-,26+/m0/s1. The number of nitrogens with zero attached hydrogens (tertiary/aromatic N) is 2. The molecule has 2 aliphatic rings. The van der Waals surface area contributed by atoms with Gasteiger partial charge in [-0.25, -0.2) is 9.48 Å². The number of carbonyl (C=O) groups excluding carboxylic acids is 1. The lowest BCUT2D eigenvalue weighted by molar-refractivity contribution is 0.0599. The van der Waals surface area contributed by atoms with Crippen LogP contribution in [0.15, 0.2) is 66.9 Å². The summed E-state index contributed by atoms with van der Waals surface area (Å²) < 4.78 is 13.2. The summed E-state index contributed by atoms with van der Waals surface area (Å²) in [6.45, 7) is 6.29. The maximum atomic E-state index is 12.3. The van der Waals surface area contributed by atoms with Gasteiger partial charge in [0.2, 0.25) is 0 Å². The highest BCUT2D eigenvalue weighted by Gasteiger charge is 2.37. The Kier molecular flexibility index (Phi) is 6.27. The Morgan fingerprint density at radius 3 is 2.50 bits per heavy atom. The zero-order valence-electron chi connectivity index (χ0n) is 20.0. The molecule has 2 aromatic carbocycles. The minimum Gasteiger partial charge on any atom is -0.490 e. The monoisotopic (exact) mass is 456 g/mol. The van der Waals surface area contributed by atoms with E-state index in [2.05, 4.69) is 42.9 Å². The van der Waals surface area contributed by atoms with Crippen LogP contribution in [0.25, 0.3) is 16.8 Å². The van der Waals surface area contributed by atoms with E-state index in [4.69, 9.17) is 9.47 Å². The minimum atomic E-state index is -0.367. The average molecular weight is 457 g/mol. The Balaban J connectivity index is 1.42. The van der Waals surface area contributed by atoms with Gasteiger partial charge in [-0.1, -0.05) is 55.7 Å². The first-order chi connectivity index (χ1) is 16.5. The largest absolute Gasteiger partial charge is 0.490 e. The lowest BCUT2D eigenvalue weighted by Crippen LogP contribution is -2.25. The topological polar surface area (TPSA) is 53.3 Å². The molecule has 2 aliphatic carbocycles. The number of carbonyl (C=O) groups is 1. The highest BCUT2D eigenvalue weighted by atomic mass is 16.5. The van der Waals surface area contributed by atoms with E-state index < -0.39 is 0 Å².